The number of ether oxygens (including phenoxy) is 1. The van der Waals surface area contributed by atoms with E-state index < -0.39 is 0 Å². The lowest BCUT2D eigenvalue weighted by Gasteiger charge is -2.44. The summed E-state index contributed by atoms with van der Waals surface area (Å²) in [5.74, 6) is 0.323. The van der Waals surface area contributed by atoms with Gasteiger partial charge in [-0.05, 0) is 37.1 Å². The highest BCUT2D eigenvalue weighted by molar-refractivity contribution is 5.88. The number of hydrogen-bond donors (Lipinski definition) is 1. The van der Waals surface area contributed by atoms with E-state index in [4.69, 9.17) is 4.74 Å². The zero-order valence-corrected chi connectivity index (χ0v) is 12.4. The van der Waals surface area contributed by atoms with Gasteiger partial charge in [0, 0.05) is 35.6 Å². The lowest BCUT2D eigenvalue weighted by atomic mass is 9.72. The van der Waals surface area contributed by atoms with E-state index in [0.717, 1.165) is 19.4 Å². The van der Waals surface area contributed by atoms with Crippen molar-refractivity contribution in [1.82, 2.24) is 9.88 Å². The van der Waals surface area contributed by atoms with Crippen molar-refractivity contribution >= 4 is 16.9 Å². The summed E-state index contributed by atoms with van der Waals surface area (Å²) in [6.45, 7) is 0.795. The van der Waals surface area contributed by atoms with Crippen LogP contribution < -0.4 is 0 Å². The second-order valence-corrected chi connectivity index (χ2v) is 6.36. The summed E-state index contributed by atoms with van der Waals surface area (Å²) in [4.78, 5) is 17.7. The summed E-state index contributed by atoms with van der Waals surface area (Å²) in [7, 11) is 3.62. The van der Waals surface area contributed by atoms with Crippen LogP contribution in [0.5, 0.6) is 0 Å². The number of likely N-dealkylation sites (N-methyl/N-ethyl adjacent to an activating group) is 1. The Hall–Kier alpha value is -1.81. The highest BCUT2D eigenvalue weighted by Crippen LogP contribution is 2.44. The quantitative estimate of drug-likeness (QED) is 0.817. The summed E-state index contributed by atoms with van der Waals surface area (Å²) in [5, 5.41) is 1.37. The van der Waals surface area contributed by atoms with Gasteiger partial charge >= 0.3 is 5.97 Å². The van der Waals surface area contributed by atoms with Gasteiger partial charge in [-0.25, -0.2) is 0 Å². The van der Waals surface area contributed by atoms with Crippen molar-refractivity contribution in [2.24, 2.45) is 5.92 Å². The predicted octanol–water partition coefficient (Wildman–Crippen LogP) is 2.30. The molecule has 1 aliphatic heterocycles. The highest BCUT2D eigenvalue weighted by atomic mass is 16.5. The third kappa shape index (κ3) is 1.82. The minimum absolute atomic E-state index is 0.0167. The first-order valence-electron chi connectivity index (χ1n) is 7.56. The van der Waals surface area contributed by atoms with E-state index >= 15 is 0 Å². The van der Waals surface area contributed by atoms with Crippen LogP contribution in [0.3, 0.4) is 0 Å². The molecular formula is C17H20N2O2. The van der Waals surface area contributed by atoms with Crippen LogP contribution >= 0.6 is 0 Å². The number of nitrogens with zero attached hydrogens (tertiary/aromatic N) is 1. The fraction of sp³-hybridized carbons (Fsp3) is 0.471. The van der Waals surface area contributed by atoms with Gasteiger partial charge in [0.1, 0.15) is 0 Å². The number of aromatic nitrogens is 1. The standard InChI is InChI=1S/C17H20N2O2/c1-19-9-11(17(20)21-2)6-13-12-4-3-5-14-16(12)10(8-18-14)7-15(13)19/h3-5,8,11,13,15,18H,6-7,9H2,1-2H3/t11-,13+,15+/m0/s1. The Morgan fingerprint density at radius 1 is 1.43 bits per heavy atom. The second kappa shape index (κ2) is 4.60. The van der Waals surface area contributed by atoms with Crippen LogP contribution in [0.1, 0.15) is 23.5 Å². The summed E-state index contributed by atoms with van der Waals surface area (Å²) in [6, 6.07) is 6.96. The van der Waals surface area contributed by atoms with Crippen molar-refractivity contribution in [2.45, 2.75) is 24.8 Å². The zero-order chi connectivity index (χ0) is 14.6. The Labute approximate surface area is 124 Å². The number of piperidine rings is 1. The van der Waals surface area contributed by atoms with Crippen molar-refractivity contribution in [2.75, 3.05) is 20.7 Å². The van der Waals surface area contributed by atoms with Gasteiger partial charge in [-0.1, -0.05) is 12.1 Å². The molecular weight excluding hydrogens is 264 g/mol. The van der Waals surface area contributed by atoms with Crippen molar-refractivity contribution in [3.63, 3.8) is 0 Å². The van der Waals surface area contributed by atoms with E-state index in [1.807, 2.05) is 0 Å². The van der Waals surface area contributed by atoms with E-state index in [1.54, 1.807) is 0 Å². The number of methoxy groups -OCH3 is 1. The van der Waals surface area contributed by atoms with Crippen LogP contribution in [0.4, 0.5) is 0 Å². The number of carbonyl (C=O) groups is 1. The molecule has 4 nitrogen and oxygen atoms in total. The van der Waals surface area contributed by atoms with Gasteiger partial charge in [0.2, 0.25) is 0 Å². The average Bonchev–Trinajstić information content (AvgIpc) is 2.92. The first-order chi connectivity index (χ1) is 10.2. The predicted molar refractivity (Wildman–Crippen MR) is 81.3 cm³/mol. The number of benzene rings is 1. The van der Waals surface area contributed by atoms with Crippen LogP contribution in [0, 0.1) is 5.92 Å². The van der Waals surface area contributed by atoms with Crippen molar-refractivity contribution in [3.05, 3.63) is 35.5 Å². The fourth-order valence-corrected chi connectivity index (χ4v) is 4.28. The maximum atomic E-state index is 12.0. The molecule has 1 saturated heterocycles. The van der Waals surface area contributed by atoms with E-state index in [1.165, 1.54) is 29.1 Å². The summed E-state index contributed by atoms with van der Waals surface area (Å²) in [5.41, 5.74) is 4.01. The van der Waals surface area contributed by atoms with E-state index in [9.17, 15) is 4.79 Å². The number of rotatable bonds is 1. The van der Waals surface area contributed by atoms with E-state index in [0.29, 0.717) is 12.0 Å². The SMILES string of the molecule is COC(=O)[C@H]1C[C@@H]2c3cccc4[nH]cc(c34)C[C@H]2N(C)C1. The molecule has 3 atom stereocenters. The number of likely N-dealkylation sites (tertiary alicyclic amines) is 1. The smallest absolute Gasteiger partial charge is 0.309 e. The molecule has 0 spiro atoms. The molecule has 0 radical (unpaired) electrons. The third-order valence-electron chi connectivity index (χ3n) is 5.26. The van der Waals surface area contributed by atoms with Crippen LogP contribution in [0.15, 0.2) is 24.4 Å². The van der Waals surface area contributed by atoms with Gasteiger partial charge < -0.3 is 14.6 Å². The van der Waals surface area contributed by atoms with Gasteiger partial charge in [-0.15, -0.1) is 0 Å². The number of aromatic amines is 1. The topological polar surface area (TPSA) is 45.3 Å². The third-order valence-corrected chi connectivity index (χ3v) is 5.26. The monoisotopic (exact) mass is 284 g/mol. The van der Waals surface area contributed by atoms with Gasteiger partial charge in [0.05, 0.1) is 13.0 Å². The molecule has 1 aliphatic carbocycles. The van der Waals surface area contributed by atoms with Gasteiger partial charge in [0.15, 0.2) is 0 Å². The Morgan fingerprint density at radius 3 is 3.10 bits per heavy atom. The summed E-state index contributed by atoms with van der Waals surface area (Å²) < 4.78 is 4.97. The van der Waals surface area contributed by atoms with Gasteiger partial charge in [-0.3, -0.25) is 4.79 Å². The first-order valence-corrected chi connectivity index (χ1v) is 7.56. The van der Waals surface area contributed by atoms with Crippen LogP contribution in [-0.2, 0) is 16.0 Å². The molecule has 2 aliphatic rings. The number of hydrogen-bond acceptors (Lipinski definition) is 3. The largest absolute Gasteiger partial charge is 0.469 e. The van der Waals surface area contributed by atoms with Gasteiger partial charge in [0.25, 0.3) is 0 Å². The maximum absolute atomic E-state index is 12.0. The molecule has 2 aromatic rings. The number of nitrogens with one attached hydrogen (secondary N) is 1. The fourth-order valence-electron chi connectivity index (χ4n) is 4.28. The molecule has 2 heterocycles. The Balaban J connectivity index is 1.79. The highest BCUT2D eigenvalue weighted by Gasteiger charge is 2.41. The second-order valence-electron chi connectivity index (χ2n) is 6.36. The molecule has 4 heteroatoms. The van der Waals surface area contributed by atoms with Crippen molar-refractivity contribution in [3.8, 4) is 0 Å². The summed E-state index contributed by atoms with van der Waals surface area (Å²) in [6.07, 6.45) is 4.10. The Bertz CT molecular complexity index is 706. The molecule has 1 aromatic heterocycles. The Morgan fingerprint density at radius 2 is 2.29 bits per heavy atom. The summed E-state index contributed by atoms with van der Waals surface area (Å²) >= 11 is 0. The minimum atomic E-state index is -0.0765. The number of carbonyl (C=O) groups excluding carboxylic acids is 1. The lowest BCUT2D eigenvalue weighted by Crippen LogP contribution is -2.49. The molecule has 0 bridgehead atoms. The minimum Gasteiger partial charge on any atom is -0.469 e. The molecule has 4 rings (SSSR count). The van der Waals surface area contributed by atoms with Crippen LogP contribution in [0.25, 0.3) is 10.9 Å². The number of H-pyrrole nitrogens is 1. The average molecular weight is 284 g/mol. The molecule has 0 amide bonds. The normalized spacial score (nSPS) is 28.4. The maximum Gasteiger partial charge on any atom is 0.309 e. The van der Waals surface area contributed by atoms with E-state index in [2.05, 4.69) is 41.3 Å². The molecule has 110 valence electrons. The molecule has 1 aromatic carbocycles. The molecule has 0 unspecified atom stereocenters. The molecule has 1 fully saturated rings. The Kier molecular flexibility index (Phi) is 2.82. The number of esters is 1. The van der Waals surface area contributed by atoms with Crippen molar-refractivity contribution < 1.29 is 9.53 Å². The van der Waals surface area contributed by atoms with Crippen molar-refractivity contribution in [1.29, 1.82) is 0 Å². The molecule has 21 heavy (non-hydrogen) atoms. The number of fused-ring (bicyclic) bond motifs is 2. The van der Waals surface area contributed by atoms with Gasteiger partial charge in [-0.2, -0.15) is 0 Å². The molecule has 0 saturated carbocycles. The lowest BCUT2D eigenvalue weighted by molar-refractivity contribution is -0.148. The van der Waals surface area contributed by atoms with Crippen LogP contribution in [0.2, 0.25) is 0 Å². The zero-order valence-electron chi connectivity index (χ0n) is 12.4. The molecule has 1 N–H and O–H groups in total. The van der Waals surface area contributed by atoms with E-state index in [-0.39, 0.29) is 11.9 Å². The van der Waals surface area contributed by atoms with Crippen LogP contribution in [-0.4, -0.2) is 42.6 Å². The first kappa shape index (κ1) is 12.9.